The van der Waals surface area contributed by atoms with E-state index in [0.29, 0.717) is 25.6 Å². The third-order valence-corrected chi connectivity index (χ3v) is 5.86. The minimum atomic E-state index is -2.27. The molecule has 0 bridgehead atoms. The number of alkyl halides is 2. The normalized spacial score (nSPS) is 19.3. The van der Waals surface area contributed by atoms with Crippen molar-refractivity contribution in [2.45, 2.75) is 63.6 Å². The number of halogens is 2. The first-order chi connectivity index (χ1) is 14.6. The van der Waals surface area contributed by atoms with Crippen molar-refractivity contribution in [2.24, 2.45) is 4.99 Å². The lowest BCUT2D eigenvalue weighted by Gasteiger charge is -2.32. The number of piperidine rings is 1. The van der Waals surface area contributed by atoms with Crippen molar-refractivity contribution >= 4 is 5.96 Å². The van der Waals surface area contributed by atoms with Crippen LogP contribution in [0.1, 0.15) is 44.1 Å². The summed E-state index contributed by atoms with van der Waals surface area (Å²) in [5.41, 5.74) is 1.02. The molecular weight excluding hydrogens is 390 g/mol. The highest BCUT2D eigenvalue weighted by Gasteiger charge is 2.23. The Hall–Kier alpha value is -2.09. The van der Waals surface area contributed by atoms with Gasteiger partial charge in [0.2, 0.25) is 0 Å². The maximum absolute atomic E-state index is 12.6. The first-order valence-corrected chi connectivity index (χ1v) is 10.9. The summed E-state index contributed by atoms with van der Waals surface area (Å²) in [6, 6.07) is 6.15. The lowest BCUT2D eigenvalue weighted by Crippen LogP contribution is -2.49. The maximum Gasteiger partial charge on any atom is 0.251 e. The fourth-order valence-electron chi connectivity index (χ4n) is 4.19. The van der Waals surface area contributed by atoms with Gasteiger partial charge in [0.15, 0.2) is 17.5 Å². The van der Waals surface area contributed by atoms with Gasteiger partial charge < -0.3 is 20.1 Å². The Morgan fingerprint density at radius 3 is 2.57 bits per heavy atom. The van der Waals surface area contributed by atoms with Crippen molar-refractivity contribution in [3.8, 4) is 11.5 Å². The van der Waals surface area contributed by atoms with Gasteiger partial charge in [0.1, 0.15) is 0 Å². The third-order valence-electron chi connectivity index (χ3n) is 5.86. The molecule has 3 rings (SSSR count). The van der Waals surface area contributed by atoms with E-state index in [1.807, 2.05) is 23.1 Å². The van der Waals surface area contributed by atoms with Gasteiger partial charge in [-0.25, -0.2) is 8.78 Å². The van der Waals surface area contributed by atoms with Crippen LogP contribution >= 0.6 is 0 Å². The maximum atomic E-state index is 12.6. The van der Waals surface area contributed by atoms with Gasteiger partial charge in [0, 0.05) is 38.3 Å². The van der Waals surface area contributed by atoms with Gasteiger partial charge in [-0.1, -0.05) is 12.1 Å². The lowest BCUT2D eigenvalue weighted by molar-refractivity contribution is 0.0744. The van der Waals surface area contributed by atoms with Crippen LogP contribution in [0.25, 0.3) is 0 Å². The molecule has 8 heteroatoms. The van der Waals surface area contributed by atoms with E-state index in [4.69, 9.17) is 9.47 Å². The molecule has 2 N–H and O–H groups in total. The molecule has 1 saturated carbocycles. The van der Waals surface area contributed by atoms with Crippen LogP contribution in [0.15, 0.2) is 23.2 Å². The first-order valence-electron chi connectivity index (χ1n) is 10.9. The minimum absolute atomic E-state index is 0.140. The van der Waals surface area contributed by atoms with Crippen LogP contribution < -0.4 is 20.1 Å². The smallest absolute Gasteiger partial charge is 0.251 e. The number of hydrogen-bond donors (Lipinski definition) is 2. The highest BCUT2D eigenvalue weighted by Crippen LogP contribution is 2.34. The van der Waals surface area contributed by atoms with E-state index in [-0.39, 0.29) is 18.7 Å². The first kappa shape index (κ1) is 22.6. The van der Waals surface area contributed by atoms with Gasteiger partial charge in [0.05, 0.1) is 19.8 Å². The fraction of sp³-hybridized carbons (Fsp3) is 0.682. The molecule has 1 heterocycles. The summed E-state index contributed by atoms with van der Waals surface area (Å²) in [5.74, 6) is 2.25. The molecule has 2 fully saturated rings. The summed E-state index contributed by atoms with van der Waals surface area (Å²) in [6.07, 6.45) is 4.20. The van der Waals surface area contributed by atoms with Crippen molar-refractivity contribution in [3.05, 3.63) is 23.8 Å². The summed E-state index contributed by atoms with van der Waals surface area (Å²) in [5, 5.41) is 6.79. The summed E-state index contributed by atoms with van der Waals surface area (Å²) in [4.78, 5) is 6.15. The molecule has 1 aromatic carbocycles. The number of rotatable bonds is 8. The second-order valence-electron chi connectivity index (χ2n) is 8.01. The highest BCUT2D eigenvalue weighted by molar-refractivity contribution is 5.80. The van der Waals surface area contributed by atoms with Crippen molar-refractivity contribution in [2.75, 3.05) is 33.8 Å². The number of methoxy groups -OCH3 is 1. The van der Waals surface area contributed by atoms with Crippen molar-refractivity contribution < 1.29 is 18.3 Å². The molecule has 0 atom stereocenters. The van der Waals surface area contributed by atoms with Crippen LogP contribution in [0.5, 0.6) is 11.5 Å². The monoisotopic (exact) mass is 424 g/mol. The number of nitrogens with one attached hydrogen (secondary N) is 2. The number of guanidine groups is 1. The molecule has 0 aromatic heterocycles. The molecule has 0 unspecified atom stereocenters. The molecule has 30 heavy (non-hydrogen) atoms. The van der Waals surface area contributed by atoms with Crippen LogP contribution in [-0.2, 0) is 6.54 Å². The SMILES string of the molecule is CN=C(NCc1cccc(OC)c1OC1CCCC1)NC1CCN(CC(F)F)CC1. The zero-order valence-electron chi connectivity index (χ0n) is 18.0. The fourth-order valence-corrected chi connectivity index (χ4v) is 4.19. The number of likely N-dealkylation sites (tertiary alicyclic amines) is 1. The van der Waals surface area contributed by atoms with Crippen molar-refractivity contribution in [1.29, 1.82) is 0 Å². The number of nitrogens with zero attached hydrogens (tertiary/aromatic N) is 2. The van der Waals surface area contributed by atoms with Crippen LogP contribution in [-0.4, -0.2) is 63.2 Å². The molecule has 6 nitrogen and oxygen atoms in total. The third kappa shape index (κ3) is 6.45. The summed E-state index contributed by atoms with van der Waals surface area (Å²) < 4.78 is 36.9. The quantitative estimate of drug-likeness (QED) is 0.495. The molecule has 168 valence electrons. The molecule has 1 aliphatic carbocycles. The second kappa shape index (κ2) is 11.3. The Labute approximate surface area is 178 Å². The molecule has 0 amide bonds. The molecule has 1 aliphatic heterocycles. The van der Waals surface area contributed by atoms with E-state index in [1.54, 1.807) is 14.2 Å². The van der Waals surface area contributed by atoms with Crippen LogP contribution in [0.4, 0.5) is 8.78 Å². The number of ether oxygens (including phenoxy) is 2. The second-order valence-corrected chi connectivity index (χ2v) is 8.01. The van der Waals surface area contributed by atoms with Gasteiger partial charge in [-0.15, -0.1) is 0 Å². The number of hydrogen-bond acceptors (Lipinski definition) is 4. The zero-order chi connectivity index (χ0) is 21.3. The number of benzene rings is 1. The highest BCUT2D eigenvalue weighted by atomic mass is 19.3. The molecule has 0 radical (unpaired) electrons. The predicted octanol–water partition coefficient (Wildman–Crippen LogP) is 3.41. The van der Waals surface area contributed by atoms with Crippen LogP contribution in [0.2, 0.25) is 0 Å². The predicted molar refractivity (Wildman–Crippen MR) is 115 cm³/mol. The topological polar surface area (TPSA) is 58.1 Å². The summed E-state index contributed by atoms with van der Waals surface area (Å²) in [6.45, 7) is 1.77. The molecular formula is C22H34F2N4O2. The van der Waals surface area contributed by atoms with E-state index in [0.717, 1.165) is 42.7 Å². The van der Waals surface area contributed by atoms with Crippen LogP contribution in [0.3, 0.4) is 0 Å². The van der Waals surface area contributed by atoms with E-state index in [9.17, 15) is 8.78 Å². The van der Waals surface area contributed by atoms with Gasteiger partial charge >= 0.3 is 0 Å². The Kier molecular flexibility index (Phi) is 8.54. The van der Waals surface area contributed by atoms with E-state index >= 15 is 0 Å². The van der Waals surface area contributed by atoms with Crippen molar-refractivity contribution in [1.82, 2.24) is 15.5 Å². The minimum Gasteiger partial charge on any atom is -0.493 e. The van der Waals surface area contributed by atoms with Gasteiger partial charge in [0.25, 0.3) is 6.43 Å². The summed E-state index contributed by atoms with van der Waals surface area (Å²) >= 11 is 0. The lowest BCUT2D eigenvalue weighted by atomic mass is 10.1. The van der Waals surface area contributed by atoms with Gasteiger partial charge in [-0.3, -0.25) is 9.89 Å². The Morgan fingerprint density at radius 2 is 1.93 bits per heavy atom. The Bertz CT molecular complexity index is 688. The van der Waals surface area contributed by atoms with Gasteiger partial charge in [-0.2, -0.15) is 0 Å². The molecule has 2 aliphatic rings. The molecule has 1 saturated heterocycles. The molecule has 1 aromatic rings. The zero-order valence-corrected chi connectivity index (χ0v) is 18.0. The Morgan fingerprint density at radius 1 is 1.20 bits per heavy atom. The van der Waals surface area contributed by atoms with Gasteiger partial charge in [-0.05, 0) is 44.6 Å². The van der Waals surface area contributed by atoms with Crippen molar-refractivity contribution in [3.63, 3.8) is 0 Å². The molecule has 0 spiro atoms. The van der Waals surface area contributed by atoms with E-state index in [1.165, 1.54) is 12.8 Å². The summed E-state index contributed by atoms with van der Waals surface area (Å²) in [7, 11) is 3.40. The van der Waals surface area contributed by atoms with Crippen LogP contribution in [0, 0.1) is 0 Å². The van der Waals surface area contributed by atoms with E-state index in [2.05, 4.69) is 15.6 Å². The number of para-hydroxylation sites is 1. The number of aliphatic imine (C=N–C) groups is 1. The largest absolute Gasteiger partial charge is 0.493 e. The standard InChI is InChI=1S/C22H34F2N4O2/c1-25-22(27-17-10-12-28(13-11-17)15-20(23)24)26-14-16-6-5-9-19(29-2)21(16)30-18-7-3-4-8-18/h5-6,9,17-18,20H,3-4,7-8,10-15H2,1-2H3,(H2,25,26,27). The average molecular weight is 425 g/mol. The average Bonchev–Trinajstić information content (AvgIpc) is 3.26. The van der Waals surface area contributed by atoms with E-state index < -0.39 is 6.43 Å². The Balaban J connectivity index is 1.55.